The molecule has 24 heavy (non-hydrogen) atoms. The number of rotatable bonds is 7. The Kier molecular flexibility index (Phi) is 6.20. The Morgan fingerprint density at radius 1 is 1.08 bits per heavy atom. The van der Waals surface area contributed by atoms with Crippen LogP contribution in [0.15, 0.2) is 36.4 Å². The lowest BCUT2D eigenvalue weighted by molar-refractivity contribution is -0.116. The fourth-order valence-electron chi connectivity index (χ4n) is 2.11. The van der Waals surface area contributed by atoms with Crippen LogP contribution in [0.2, 0.25) is 0 Å². The van der Waals surface area contributed by atoms with Crippen LogP contribution in [0.5, 0.6) is 5.75 Å². The normalized spacial score (nSPS) is 10.5. The van der Waals surface area contributed by atoms with Gasteiger partial charge in [-0.05, 0) is 18.2 Å². The predicted molar refractivity (Wildman–Crippen MR) is 84.3 cm³/mol. The maximum absolute atomic E-state index is 13.5. The van der Waals surface area contributed by atoms with E-state index in [-0.39, 0.29) is 12.1 Å². The van der Waals surface area contributed by atoms with Crippen LogP contribution in [-0.4, -0.2) is 19.6 Å². The molecule has 0 bridgehead atoms. The number of carbonyl (C=O) groups is 1. The highest BCUT2D eigenvalue weighted by Gasteiger charge is 2.15. The van der Waals surface area contributed by atoms with Crippen molar-refractivity contribution in [2.24, 2.45) is 0 Å². The van der Waals surface area contributed by atoms with E-state index in [2.05, 4.69) is 10.6 Å². The molecule has 1 amide bonds. The number of ether oxygens (including phenoxy) is 1. The van der Waals surface area contributed by atoms with Gasteiger partial charge in [-0.15, -0.1) is 0 Å². The second-order valence-corrected chi connectivity index (χ2v) is 5.01. The average Bonchev–Trinajstić information content (AvgIpc) is 2.59. The van der Waals surface area contributed by atoms with Crippen LogP contribution in [0.3, 0.4) is 0 Å². The second kappa shape index (κ2) is 8.35. The smallest absolute Gasteiger partial charge is 0.225 e. The highest BCUT2D eigenvalue weighted by Crippen LogP contribution is 2.20. The van der Waals surface area contributed by atoms with Crippen LogP contribution in [-0.2, 0) is 11.3 Å². The molecule has 2 aromatic rings. The largest absolute Gasteiger partial charge is 0.496 e. The lowest BCUT2D eigenvalue weighted by atomic mass is 10.2. The first-order valence-electron chi connectivity index (χ1n) is 7.29. The summed E-state index contributed by atoms with van der Waals surface area (Å²) in [4.78, 5) is 11.7. The molecule has 0 unspecified atom stereocenters. The predicted octanol–water partition coefficient (Wildman–Crippen LogP) is 3.23. The van der Waals surface area contributed by atoms with Gasteiger partial charge >= 0.3 is 0 Å². The minimum Gasteiger partial charge on any atom is -0.496 e. The number of para-hydroxylation sites is 1. The van der Waals surface area contributed by atoms with Gasteiger partial charge in [0.1, 0.15) is 5.75 Å². The third-order valence-corrected chi connectivity index (χ3v) is 3.35. The van der Waals surface area contributed by atoms with E-state index in [4.69, 9.17) is 4.74 Å². The lowest BCUT2D eigenvalue weighted by Crippen LogP contribution is -2.22. The van der Waals surface area contributed by atoms with Gasteiger partial charge in [0, 0.05) is 25.1 Å². The number of hydrogen-bond donors (Lipinski definition) is 2. The Morgan fingerprint density at radius 2 is 1.83 bits per heavy atom. The van der Waals surface area contributed by atoms with Crippen LogP contribution >= 0.6 is 0 Å². The molecule has 0 aliphatic carbocycles. The zero-order valence-electron chi connectivity index (χ0n) is 13.0. The van der Waals surface area contributed by atoms with Crippen LogP contribution < -0.4 is 15.4 Å². The molecule has 4 nitrogen and oxygen atoms in total. The molecule has 0 aliphatic rings. The molecule has 0 saturated heterocycles. The van der Waals surface area contributed by atoms with Crippen molar-refractivity contribution in [3.05, 3.63) is 59.4 Å². The number of anilines is 1. The van der Waals surface area contributed by atoms with Gasteiger partial charge in [0.2, 0.25) is 5.91 Å². The van der Waals surface area contributed by atoms with E-state index in [0.29, 0.717) is 13.1 Å². The minimum absolute atomic E-state index is 0.0492. The van der Waals surface area contributed by atoms with Gasteiger partial charge < -0.3 is 15.4 Å². The number of benzene rings is 2. The SMILES string of the molecule is COc1ccccc1CNCCC(=O)Nc1ccc(F)c(F)c1F. The highest BCUT2D eigenvalue weighted by atomic mass is 19.2. The number of hydrogen-bond acceptors (Lipinski definition) is 3. The van der Waals surface area contributed by atoms with Crippen molar-refractivity contribution in [1.82, 2.24) is 5.32 Å². The fourth-order valence-corrected chi connectivity index (χ4v) is 2.11. The molecule has 0 aromatic heterocycles. The Balaban J connectivity index is 1.81. The standard InChI is InChI=1S/C17H17F3N2O2/c1-24-14-5-3-2-4-11(14)10-21-9-8-15(23)22-13-7-6-12(18)16(19)17(13)20/h2-7,21H,8-10H2,1H3,(H,22,23). The van der Waals surface area contributed by atoms with E-state index < -0.39 is 23.4 Å². The summed E-state index contributed by atoms with van der Waals surface area (Å²) in [6, 6.07) is 9.18. The molecular weight excluding hydrogens is 321 g/mol. The third-order valence-electron chi connectivity index (χ3n) is 3.35. The molecule has 0 spiro atoms. The van der Waals surface area contributed by atoms with Crippen molar-refractivity contribution in [3.63, 3.8) is 0 Å². The van der Waals surface area contributed by atoms with Crippen LogP contribution in [0.25, 0.3) is 0 Å². The van der Waals surface area contributed by atoms with Gasteiger partial charge in [0.25, 0.3) is 0 Å². The van der Waals surface area contributed by atoms with Gasteiger partial charge in [-0.2, -0.15) is 0 Å². The van der Waals surface area contributed by atoms with Crippen LogP contribution in [0.1, 0.15) is 12.0 Å². The molecule has 2 aromatic carbocycles. The fraction of sp³-hybridized carbons (Fsp3) is 0.235. The molecule has 0 fully saturated rings. The topological polar surface area (TPSA) is 50.4 Å². The number of methoxy groups -OCH3 is 1. The van der Waals surface area contributed by atoms with E-state index >= 15 is 0 Å². The quantitative estimate of drug-likeness (QED) is 0.602. The number of amides is 1. The molecule has 128 valence electrons. The maximum Gasteiger partial charge on any atom is 0.225 e. The zero-order chi connectivity index (χ0) is 17.5. The third kappa shape index (κ3) is 4.48. The maximum atomic E-state index is 13.5. The number of carbonyl (C=O) groups excluding carboxylic acids is 1. The first kappa shape index (κ1) is 17.8. The van der Waals surface area contributed by atoms with Crippen molar-refractivity contribution in [1.29, 1.82) is 0 Å². The van der Waals surface area contributed by atoms with Crippen LogP contribution in [0, 0.1) is 17.5 Å². The summed E-state index contributed by atoms with van der Waals surface area (Å²) in [5.41, 5.74) is 0.552. The summed E-state index contributed by atoms with van der Waals surface area (Å²) in [5.74, 6) is -4.10. The Hall–Kier alpha value is -2.54. The molecular formula is C17H17F3N2O2. The summed E-state index contributed by atoms with van der Waals surface area (Å²) >= 11 is 0. The van der Waals surface area contributed by atoms with Gasteiger partial charge in [0.15, 0.2) is 17.5 Å². The van der Waals surface area contributed by atoms with Crippen LogP contribution in [0.4, 0.5) is 18.9 Å². The minimum atomic E-state index is -1.61. The summed E-state index contributed by atoms with van der Waals surface area (Å²) in [6.07, 6.45) is 0.0492. The molecule has 0 saturated carbocycles. The molecule has 0 aliphatic heterocycles. The first-order valence-corrected chi connectivity index (χ1v) is 7.29. The summed E-state index contributed by atoms with van der Waals surface area (Å²) in [7, 11) is 1.57. The monoisotopic (exact) mass is 338 g/mol. The van der Waals surface area contributed by atoms with E-state index in [0.717, 1.165) is 23.4 Å². The molecule has 2 N–H and O–H groups in total. The highest BCUT2D eigenvalue weighted by molar-refractivity contribution is 5.90. The number of nitrogens with one attached hydrogen (secondary N) is 2. The van der Waals surface area contributed by atoms with E-state index in [1.165, 1.54) is 0 Å². The molecule has 7 heteroatoms. The zero-order valence-corrected chi connectivity index (χ0v) is 13.0. The molecule has 0 heterocycles. The van der Waals surface area contributed by atoms with Gasteiger partial charge in [-0.25, -0.2) is 13.2 Å². The Morgan fingerprint density at radius 3 is 2.58 bits per heavy atom. The van der Waals surface area contributed by atoms with Crippen molar-refractivity contribution >= 4 is 11.6 Å². The summed E-state index contributed by atoms with van der Waals surface area (Å²) in [5, 5.41) is 5.27. The van der Waals surface area contributed by atoms with Crippen molar-refractivity contribution in [2.45, 2.75) is 13.0 Å². The van der Waals surface area contributed by atoms with Crippen molar-refractivity contribution in [2.75, 3.05) is 19.0 Å². The Bertz CT molecular complexity index is 723. The van der Waals surface area contributed by atoms with Gasteiger partial charge in [-0.1, -0.05) is 18.2 Å². The average molecular weight is 338 g/mol. The van der Waals surface area contributed by atoms with Crippen molar-refractivity contribution < 1.29 is 22.7 Å². The lowest BCUT2D eigenvalue weighted by Gasteiger charge is -2.10. The molecule has 2 rings (SSSR count). The molecule has 0 radical (unpaired) electrons. The summed E-state index contributed by atoms with van der Waals surface area (Å²) in [6.45, 7) is 0.825. The molecule has 0 atom stereocenters. The first-order chi connectivity index (χ1) is 11.5. The number of halogens is 3. The van der Waals surface area contributed by atoms with E-state index in [9.17, 15) is 18.0 Å². The van der Waals surface area contributed by atoms with Crippen molar-refractivity contribution in [3.8, 4) is 5.75 Å². The summed E-state index contributed by atoms with van der Waals surface area (Å²) < 4.78 is 44.6. The van der Waals surface area contributed by atoms with E-state index in [1.807, 2.05) is 24.3 Å². The second-order valence-electron chi connectivity index (χ2n) is 5.01. The Labute approximate surface area is 137 Å². The van der Waals surface area contributed by atoms with E-state index in [1.54, 1.807) is 7.11 Å². The van der Waals surface area contributed by atoms with Gasteiger partial charge in [0.05, 0.1) is 12.8 Å². The van der Waals surface area contributed by atoms with Gasteiger partial charge in [-0.3, -0.25) is 4.79 Å².